The van der Waals surface area contributed by atoms with Crippen LogP contribution in [0.25, 0.3) is 0 Å². The first kappa shape index (κ1) is 42.0. The Labute approximate surface area is 276 Å². The van der Waals surface area contributed by atoms with Crippen LogP contribution in [0.2, 0.25) is 39.3 Å². The summed E-state index contributed by atoms with van der Waals surface area (Å²) >= 11 is 0. The van der Waals surface area contributed by atoms with Gasteiger partial charge in [0.05, 0.1) is 0 Å². The van der Waals surface area contributed by atoms with Gasteiger partial charge in [-0.05, 0) is 90.0 Å². The van der Waals surface area contributed by atoms with Gasteiger partial charge < -0.3 is 8.85 Å². The maximum absolute atomic E-state index is 11.5. The van der Waals surface area contributed by atoms with Crippen LogP contribution in [0.4, 0.5) is 0 Å². The van der Waals surface area contributed by atoms with E-state index in [0.29, 0.717) is 0 Å². The van der Waals surface area contributed by atoms with Crippen molar-refractivity contribution in [2.45, 2.75) is 180 Å². The van der Waals surface area contributed by atoms with Crippen molar-refractivity contribution in [3.8, 4) is 36.0 Å². The van der Waals surface area contributed by atoms with E-state index in [1.165, 1.54) is 109 Å². The van der Waals surface area contributed by atoms with E-state index in [9.17, 15) is 4.79 Å². The van der Waals surface area contributed by atoms with Gasteiger partial charge in [0.2, 0.25) is 8.32 Å². The second kappa shape index (κ2) is 28.5. The van der Waals surface area contributed by atoms with Crippen LogP contribution >= 0.6 is 0 Å². The predicted octanol–water partition coefficient (Wildman–Crippen LogP) is 11.5. The topological polar surface area (TPSA) is 35.5 Å². The average Bonchev–Trinajstić information content (AvgIpc) is 2.94. The van der Waals surface area contributed by atoms with Crippen LogP contribution in [0.5, 0.6) is 0 Å². The molecular formula is C39H66O3Si2. The summed E-state index contributed by atoms with van der Waals surface area (Å²) in [4.78, 5) is 11.5. The number of allylic oxidation sites excluding steroid dienone is 3. The Morgan fingerprint density at radius 3 is 1.50 bits per heavy atom. The first-order chi connectivity index (χ1) is 21.0. The minimum absolute atomic E-state index is 0.157. The van der Waals surface area contributed by atoms with E-state index in [1.54, 1.807) is 6.08 Å². The fourth-order valence-corrected chi connectivity index (χ4v) is 6.22. The van der Waals surface area contributed by atoms with Gasteiger partial charge in [-0.1, -0.05) is 107 Å². The quantitative estimate of drug-likeness (QED) is 0.0432. The molecule has 0 heterocycles. The summed E-state index contributed by atoms with van der Waals surface area (Å²) < 4.78 is 11.2. The molecule has 0 bridgehead atoms. The molecule has 0 aliphatic rings. The van der Waals surface area contributed by atoms with Crippen LogP contribution in [0.15, 0.2) is 24.3 Å². The largest absolute Gasteiger partial charge is 0.511 e. The lowest BCUT2D eigenvalue weighted by molar-refractivity contribution is -0.128. The molecule has 0 aliphatic heterocycles. The van der Waals surface area contributed by atoms with E-state index in [4.69, 9.17) is 15.3 Å². The van der Waals surface area contributed by atoms with Crippen molar-refractivity contribution in [3.63, 3.8) is 0 Å². The van der Waals surface area contributed by atoms with Gasteiger partial charge in [0.1, 0.15) is 6.10 Å². The van der Waals surface area contributed by atoms with E-state index < -0.39 is 22.6 Å². The summed E-state index contributed by atoms with van der Waals surface area (Å²) in [6, 6.07) is 0. The smallest absolute Gasteiger partial charge is 0.371 e. The normalized spacial score (nSPS) is 12.4. The predicted molar refractivity (Wildman–Crippen MR) is 197 cm³/mol. The molecule has 0 unspecified atom stereocenters. The molecule has 44 heavy (non-hydrogen) atoms. The number of rotatable bonds is 25. The van der Waals surface area contributed by atoms with Gasteiger partial charge in [-0.15, -0.1) is 18.3 Å². The van der Waals surface area contributed by atoms with Gasteiger partial charge in [-0.2, -0.15) is 0 Å². The molecule has 0 amide bonds. The maximum Gasteiger partial charge on any atom is 0.371 e. The molecule has 0 fully saturated rings. The molecule has 0 radical (unpaired) electrons. The monoisotopic (exact) mass is 638 g/mol. The van der Waals surface area contributed by atoms with Gasteiger partial charge in [-0.25, -0.2) is 4.79 Å². The minimum atomic E-state index is -1.83. The SMILES string of the molecule is C#C[C@@H](/C=C/CCCCCCCCCC#CCCCCCCCCCCCC/C=C\C#CC(=O)O[Si](C)(C)C)O[Si](C)(C)C. The minimum Gasteiger partial charge on any atom is -0.511 e. The van der Waals surface area contributed by atoms with Crippen LogP contribution in [-0.2, 0) is 13.6 Å². The highest BCUT2D eigenvalue weighted by molar-refractivity contribution is 6.71. The molecule has 0 aromatic heterocycles. The fourth-order valence-electron chi connectivity index (χ4n) is 4.70. The lowest BCUT2D eigenvalue weighted by Gasteiger charge is -2.20. The molecule has 0 saturated carbocycles. The summed E-state index contributed by atoms with van der Waals surface area (Å²) in [7, 11) is -3.42. The van der Waals surface area contributed by atoms with Crippen LogP contribution in [0.1, 0.15) is 135 Å². The number of carbonyl (C=O) groups excluding carboxylic acids is 1. The van der Waals surface area contributed by atoms with Gasteiger partial charge >= 0.3 is 5.97 Å². The zero-order chi connectivity index (χ0) is 32.8. The van der Waals surface area contributed by atoms with E-state index in [-0.39, 0.29) is 6.10 Å². The number of hydrogen-bond acceptors (Lipinski definition) is 3. The standard InChI is InChI=1S/C39H66O3Si2/c1-8-38(41-43(2,3)4)36-34-32-30-28-26-24-22-20-18-16-14-12-10-9-11-13-15-17-19-21-23-25-27-29-31-33-35-37-39(40)42-44(5,6)7/h1,31,33-34,36,38H,9-11,13,15-30,32H2,2-7H3/b33-31-,36-34+/t38-/m0/s1. The van der Waals surface area contributed by atoms with Gasteiger partial charge in [0.25, 0.3) is 0 Å². The second-order valence-corrected chi connectivity index (χ2v) is 22.7. The summed E-state index contributed by atoms with van der Waals surface area (Å²) in [6.07, 6.45) is 40.1. The first-order valence-corrected chi connectivity index (χ1v) is 24.5. The second-order valence-electron chi connectivity index (χ2n) is 13.9. The van der Waals surface area contributed by atoms with Gasteiger partial charge in [0.15, 0.2) is 8.32 Å². The highest BCUT2D eigenvalue weighted by atomic mass is 28.4. The van der Waals surface area contributed by atoms with E-state index in [2.05, 4.69) is 67.5 Å². The lowest BCUT2D eigenvalue weighted by Crippen LogP contribution is -2.30. The van der Waals surface area contributed by atoms with Crippen molar-refractivity contribution in [1.29, 1.82) is 0 Å². The number of carbonyl (C=O) groups is 1. The van der Waals surface area contributed by atoms with E-state index >= 15 is 0 Å². The highest BCUT2D eigenvalue weighted by Gasteiger charge is 2.18. The molecule has 248 valence electrons. The molecule has 0 N–H and O–H groups in total. The van der Waals surface area contributed by atoms with Crippen LogP contribution < -0.4 is 0 Å². The van der Waals surface area contributed by atoms with Crippen LogP contribution in [0.3, 0.4) is 0 Å². The van der Waals surface area contributed by atoms with Crippen LogP contribution in [-0.4, -0.2) is 28.7 Å². The Balaban J connectivity index is 3.40. The Morgan fingerprint density at radius 2 is 1.07 bits per heavy atom. The Kier molecular flexibility index (Phi) is 27.2. The molecule has 0 saturated heterocycles. The fraction of sp³-hybridized carbons (Fsp3) is 0.718. The molecule has 1 atom stereocenters. The number of hydrogen-bond donors (Lipinski definition) is 0. The molecule has 0 rings (SSSR count). The molecule has 5 heteroatoms. The average molecular weight is 639 g/mol. The lowest BCUT2D eigenvalue weighted by atomic mass is 10.0. The summed E-state index contributed by atoms with van der Waals surface area (Å²) in [5.74, 6) is 14.4. The number of unbranched alkanes of at least 4 members (excludes halogenated alkanes) is 19. The molecule has 0 aromatic carbocycles. The van der Waals surface area contributed by atoms with E-state index in [1.807, 2.05) is 19.6 Å². The molecular weight excluding hydrogens is 573 g/mol. The van der Waals surface area contributed by atoms with E-state index in [0.717, 1.165) is 25.7 Å². The zero-order valence-corrected chi connectivity index (χ0v) is 31.5. The van der Waals surface area contributed by atoms with Crippen LogP contribution in [0, 0.1) is 36.0 Å². The van der Waals surface area contributed by atoms with Gasteiger partial charge in [0, 0.05) is 18.8 Å². The third kappa shape index (κ3) is 34.5. The zero-order valence-electron chi connectivity index (χ0n) is 29.5. The van der Waals surface area contributed by atoms with Crippen molar-refractivity contribution in [2.24, 2.45) is 0 Å². The summed E-state index contributed by atoms with van der Waals surface area (Å²) in [6.45, 7) is 12.5. The first-order valence-electron chi connectivity index (χ1n) is 17.7. The van der Waals surface area contributed by atoms with Gasteiger partial charge in [-0.3, -0.25) is 0 Å². The Bertz CT molecular complexity index is 939. The third-order valence-corrected chi connectivity index (χ3v) is 8.71. The number of terminal acetylenes is 1. The highest BCUT2D eigenvalue weighted by Crippen LogP contribution is 2.13. The summed E-state index contributed by atoms with van der Waals surface area (Å²) in [5.41, 5.74) is 0. The molecule has 0 spiro atoms. The molecule has 0 aliphatic carbocycles. The third-order valence-electron chi connectivity index (χ3n) is 6.95. The Hall–Kier alpha value is -1.98. The van der Waals surface area contributed by atoms with Crippen molar-refractivity contribution < 1.29 is 13.6 Å². The maximum atomic E-state index is 11.5. The van der Waals surface area contributed by atoms with Crippen molar-refractivity contribution in [3.05, 3.63) is 24.3 Å². The molecule has 0 aromatic rings. The Morgan fingerprint density at radius 1 is 0.636 bits per heavy atom. The van der Waals surface area contributed by atoms with Crippen molar-refractivity contribution in [2.75, 3.05) is 0 Å². The molecule has 3 nitrogen and oxygen atoms in total. The summed E-state index contributed by atoms with van der Waals surface area (Å²) in [5, 5.41) is 0. The van der Waals surface area contributed by atoms with Crippen molar-refractivity contribution in [1.82, 2.24) is 0 Å². The van der Waals surface area contributed by atoms with Crippen molar-refractivity contribution >= 4 is 22.6 Å².